The molecule has 5 nitrogen and oxygen atoms in total. The number of carbonyl (C=O) groups excluding carboxylic acids is 1. The number of benzene rings is 2. The lowest BCUT2D eigenvalue weighted by atomic mass is 10.1. The second-order valence-electron chi connectivity index (χ2n) is 5.98. The number of hydrogen-bond acceptors (Lipinski definition) is 5. The number of aryl methyl sites for hydroxylation is 2. The number of amides is 1. The van der Waals surface area contributed by atoms with E-state index in [1.807, 2.05) is 61.7 Å². The minimum atomic E-state index is -0.224. The molecule has 0 bridgehead atoms. The lowest BCUT2D eigenvalue weighted by molar-refractivity contribution is -0.120. The number of hydrogen-bond donors (Lipinski definition) is 2. The molecule has 0 aliphatic heterocycles. The summed E-state index contributed by atoms with van der Waals surface area (Å²) in [5, 5.41) is 16.5. The molecule has 1 heterocycles. The second-order valence-corrected chi connectivity index (χ2v) is 6.84. The van der Waals surface area contributed by atoms with Crippen LogP contribution >= 0.6 is 11.3 Å². The molecule has 2 aromatic carbocycles. The third-order valence-electron chi connectivity index (χ3n) is 3.83. The van der Waals surface area contributed by atoms with Gasteiger partial charge in [-0.25, -0.2) is 10.4 Å². The van der Waals surface area contributed by atoms with Gasteiger partial charge in [-0.15, -0.1) is 11.3 Å². The topological polar surface area (TPSA) is 74.6 Å². The number of rotatable bonds is 5. The lowest BCUT2D eigenvalue weighted by Crippen LogP contribution is -2.19. The molecule has 0 fully saturated rings. The van der Waals surface area contributed by atoms with Gasteiger partial charge in [-0.2, -0.15) is 5.10 Å². The fraction of sp³-hybridized carbons (Fsp3) is 0.150. The Hall–Kier alpha value is -2.99. The number of phenols is 1. The van der Waals surface area contributed by atoms with Gasteiger partial charge in [0.05, 0.1) is 18.3 Å². The maximum atomic E-state index is 12.0. The Morgan fingerprint density at radius 3 is 2.62 bits per heavy atom. The standard InChI is InChI=1S/C20H19N3O2S/c1-13-8-15(9-14(2)19(13)25)11-21-23-18(24)10-17-12-26-20(22-17)16-6-4-3-5-7-16/h3-9,11-12,25H,10H2,1-2H3,(H,23,24). The van der Waals surface area contributed by atoms with Crippen LogP contribution in [-0.4, -0.2) is 22.2 Å². The number of phenolic OH excluding ortho intramolecular Hbond substituents is 1. The molecule has 0 radical (unpaired) electrons. The highest BCUT2D eigenvalue weighted by atomic mass is 32.1. The van der Waals surface area contributed by atoms with Crippen LogP contribution in [0.2, 0.25) is 0 Å². The molecule has 0 saturated heterocycles. The number of thiazole rings is 1. The Balaban J connectivity index is 1.59. The molecule has 3 rings (SSSR count). The molecule has 0 aliphatic rings. The summed E-state index contributed by atoms with van der Waals surface area (Å²) in [5.74, 6) is 0.0577. The van der Waals surface area contributed by atoms with Gasteiger partial charge in [0.15, 0.2) is 0 Å². The van der Waals surface area contributed by atoms with Crippen LogP contribution in [0, 0.1) is 13.8 Å². The number of aromatic hydroxyl groups is 1. The highest BCUT2D eigenvalue weighted by molar-refractivity contribution is 7.13. The van der Waals surface area contributed by atoms with E-state index in [1.165, 1.54) is 11.3 Å². The molecule has 132 valence electrons. The number of aromatic nitrogens is 1. The Bertz CT molecular complexity index is 926. The van der Waals surface area contributed by atoms with E-state index >= 15 is 0 Å². The highest BCUT2D eigenvalue weighted by Gasteiger charge is 2.08. The van der Waals surface area contributed by atoms with E-state index < -0.39 is 0 Å². The molecule has 0 saturated carbocycles. The van der Waals surface area contributed by atoms with Gasteiger partial charge in [-0.05, 0) is 42.7 Å². The Morgan fingerprint density at radius 2 is 1.92 bits per heavy atom. The molecule has 0 spiro atoms. The minimum Gasteiger partial charge on any atom is -0.507 e. The van der Waals surface area contributed by atoms with Gasteiger partial charge in [0.1, 0.15) is 10.8 Å². The van der Waals surface area contributed by atoms with E-state index in [1.54, 1.807) is 6.21 Å². The van der Waals surface area contributed by atoms with Crippen molar-refractivity contribution >= 4 is 23.5 Å². The van der Waals surface area contributed by atoms with Crippen molar-refractivity contribution in [3.63, 3.8) is 0 Å². The zero-order chi connectivity index (χ0) is 18.5. The molecule has 6 heteroatoms. The van der Waals surface area contributed by atoms with E-state index in [0.29, 0.717) is 0 Å². The van der Waals surface area contributed by atoms with Crippen LogP contribution in [0.4, 0.5) is 0 Å². The predicted molar refractivity (Wildman–Crippen MR) is 105 cm³/mol. The summed E-state index contributed by atoms with van der Waals surface area (Å²) >= 11 is 1.52. The molecule has 26 heavy (non-hydrogen) atoms. The van der Waals surface area contributed by atoms with Crippen molar-refractivity contribution in [3.05, 3.63) is 70.2 Å². The van der Waals surface area contributed by atoms with Crippen LogP contribution in [0.5, 0.6) is 5.75 Å². The van der Waals surface area contributed by atoms with Crippen molar-refractivity contribution in [1.29, 1.82) is 0 Å². The molecular weight excluding hydrogens is 346 g/mol. The van der Waals surface area contributed by atoms with Crippen LogP contribution in [0.15, 0.2) is 52.9 Å². The summed E-state index contributed by atoms with van der Waals surface area (Å²) in [6.07, 6.45) is 1.74. The van der Waals surface area contributed by atoms with Gasteiger partial charge in [-0.3, -0.25) is 4.79 Å². The van der Waals surface area contributed by atoms with Gasteiger partial charge in [0.2, 0.25) is 5.91 Å². The van der Waals surface area contributed by atoms with Crippen molar-refractivity contribution < 1.29 is 9.90 Å². The van der Waals surface area contributed by atoms with Crippen molar-refractivity contribution in [2.75, 3.05) is 0 Å². The fourth-order valence-corrected chi connectivity index (χ4v) is 3.37. The summed E-state index contributed by atoms with van der Waals surface area (Å²) in [7, 11) is 0. The molecule has 3 aromatic rings. The Labute approximate surface area is 156 Å². The molecule has 0 atom stereocenters. The maximum Gasteiger partial charge on any atom is 0.246 e. The number of nitrogens with zero attached hydrogens (tertiary/aromatic N) is 2. The molecule has 2 N–H and O–H groups in total. The maximum absolute atomic E-state index is 12.0. The largest absolute Gasteiger partial charge is 0.507 e. The molecule has 0 aliphatic carbocycles. The zero-order valence-electron chi connectivity index (χ0n) is 14.6. The van der Waals surface area contributed by atoms with E-state index in [9.17, 15) is 9.90 Å². The average Bonchev–Trinajstić information content (AvgIpc) is 3.09. The number of hydrazone groups is 1. The average molecular weight is 365 g/mol. The summed E-state index contributed by atoms with van der Waals surface area (Å²) in [5.41, 5.74) is 6.64. The summed E-state index contributed by atoms with van der Waals surface area (Å²) in [6, 6.07) is 13.5. The highest BCUT2D eigenvalue weighted by Crippen LogP contribution is 2.23. The summed E-state index contributed by atoms with van der Waals surface area (Å²) < 4.78 is 0. The SMILES string of the molecule is Cc1cc(C=NNC(=O)Cc2csc(-c3ccccc3)n2)cc(C)c1O. The normalized spacial score (nSPS) is 11.0. The lowest BCUT2D eigenvalue weighted by Gasteiger charge is -2.04. The van der Waals surface area contributed by atoms with Gasteiger partial charge in [0, 0.05) is 10.9 Å². The van der Waals surface area contributed by atoms with E-state index in [4.69, 9.17) is 0 Å². The molecule has 0 unspecified atom stereocenters. The van der Waals surface area contributed by atoms with E-state index in [0.717, 1.165) is 33.0 Å². The fourth-order valence-electron chi connectivity index (χ4n) is 2.55. The minimum absolute atomic E-state index is 0.175. The third-order valence-corrected chi connectivity index (χ3v) is 4.77. The van der Waals surface area contributed by atoms with E-state index in [-0.39, 0.29) is 18.1 Å². The van der Waals surface area contributed by atoms with E-state index in [2.05, 4.69) is 15.5 Å². The molecular formula is C20H19N3O2S. The van der Waals surface area contributed by atoms with Crippen molar-refractivity contribution in [2.45, 2.75) is 20.3 Å². The first kappa shape index (κ1) is 17.8. The van der Waals surface area contributed by atoms with Crippen molar-refractivity contribution in [3.8, 4) is 16.3 Å². The van der Waals surface area contributed by atoms with Gasteiger partial charge in [-0.1, -0.05) is 30.3 Å². The molecule has 1 amide bonds. The number of carbonyl (C=O) groups is 1. The van der Waals surface area contributed by atoms with Crippen LogP contribution in [0.25, 0.3) is 10.6 Å². The smallest absolute Gasteiger partial charge is 0.246 e. The van der Waals surface area contributed by atoms with Crippen LogP contribution in [-0.2, 0) is 11.2 Å². The van der Waals surface area contributed by atoms with Crippen molar-refractivity contribution in [1.82, 2.24) is 10.4 Å². The summed E-state index contributed by atoms with van der Waals surface area (Å²) in [4.78, 5) is 16.5. The molecule has 1 aromatic heterocycles. The quantitative estimate of drug-likeness (QED) is 0.533. The van der Waals surface area contributed by atoms with Crippen LogP contribution < -0.4 is 5.43 Å². The van der Waals surface area contributed by atoms with Gasteiger partial charge < -0.3 is 5.11 Å². The second kappa shape index (κ2) is 7.93. The van der Waals surface area contributed by atoms with Crippen LogP contribution in [0.3, 0.4) is 0 Å². The third kappa shape index (κ3) is 4.34. The monoisotopic (exact) mass is 365 g/mol. The predicted octanol–water partition coefficient (Wildman–Crippen LogP) is 3.83. The van der Waals surface area contributed by atoms with Gasteiger partial charge >= 0.3 is 0 Å². The first-order valence-electron chi connectivity index (χ1n) is 8.15. The number of nitrogens with one attached hydrogen (secondary N) is 1. The summed E-state index contributed by atoms with van der Waals surface area (Å²) in [6.45, 7) is 3.65. The van der Waals surface area contributed by atoms with Crippen LogP contribution in [0.1, 0.15) is 22.4 Å². The van der Waals surface area contributed by atoms with Crippen molar-refractivity contribution in [2.24, 2.45) is 5.10 Å². The van der Waals surface area contributed by atoms with Gasteiger partial charge in [0.25, 0.3) is 0 Å². The Morgan fingerprint density at radius 1 is 1.23 bits per heavy atom. The Kier molecular flexibility index (Phi) is 5.43. The first-order chi connectivity index (χ1) is 12.5. The first-order valence-corrected chi connectivity index (χ1v) is 9.03. The zero-order valence-corrected chi connectivity index (χ0v) is 15.4.